The summed E-state index contributed by atoms with van der Waals surface area (Å²) in [5, 5.41) is 19.8. The van der Waals surface area contributed by atoms with Crippen molar-refractivity contribution in [3.63, 3.8) is 0 Å². The zero-order valence-electron chi connectivity index (χ0n) is 24.7. The Morgan fingerprint density at radius 1 is 1.24 bits per heavy atom. The molecule has 3 heterocycles. The van der Waals surface area contributed by atoms with Crippen LogP contribution < -0.4 is 15.4 Å². The van der Waals surface area contributed by atoms with Gasteiger partial charge in [-0.05, 0) is 51.3 Å². The molecule has 2 amide bonds. The van der Waals surface area contributed by atoms with E-state index < -0.39 is 17.9 Å². The zero-order chi connectivity index (χ0) is 30.1. The lowest BCUT2D eigenvalue weighted by Gasteiger charge is -2.29. The van der Waals surface area contributed by atoms with Crippen LogP contribution in [0.2, 0.25) is 0 Å². The van der Waals surface area contributed by atoms with Crippen molar-refractivity contribution in [2.75, 3.05) is 46.6 Å². The van der Waals surface area contributed by atoms with Crippen LogP contribution in [0.1, 0.15) is 48.4 Å². The Labute approximate surface area is 250 Å². The predicted octanol–water partition coefficient (Wildman–Crippen LogP) is 3.05. The highest BCUT2D eigenvalue weighted by molar-refractivity contribution is 7.13. The standard InChI is InChI=1S/C30H41N5O6S/c1-19(17-36)27(26-14-20(2)34-41-26)30(38)35-10-5-6-24(35)29(37)32-16-23-8-7-22(28-21(3)33-18-42-28)15-25(23)40-13-12-39-11-9-31-4/h7-8,14-15,18-19,24,27,31,36H,5-6,9-13,16-17H2,1-4H3,(H,32,37)/t19?,24?,27-/m0/s1. The highest BCUT2D eigenvalue weighted by Gasteiger charge is 2.40. The molecule has 42 heavy (non-hydrogen) atoms. The molecule has 0 aliphatic carbocycles. The number of aryl methyl sites for hydroxylation is 2. The summed E-state index contributed by atoms with van der Waals surface area (Å²) in [4.78, 5) is 34.2. The van der Waals surface area contributed by atoms with Gasteiger partial charge in [-0.3, -0.25) is 9.59 Å². The van der Waals surface area contributed by atoms with Gasteiger partial charge in [0.05, 0.1) is 35.0 Å². The summed E-state index contributed by atoms with van der Waals surface area (Å²) in [6, 6.07) is 7.03. The smallest absolute Gasteiger partial charge is 0.243 e. The van der Waals surface area contributed by atoms with Crippen molar-refractivity contribution in [3.8, 4) is 16.2 Å². The van der Waals surface area contributed by atoms with Crippen LogP contribution in [0.3, 0.4) is 0 Å². The number of likely N-dealkylation sites (tertiary alicyclic amines) is 1. The van der Waals surface area contributed by atoms with Gasteiger partial charge in [0.25, 0.3) is 0 Å². The van der Waals surface area contributed by atoms with E-state index >= 15 is 0 Å². The molecule has 3 aromatic rings. The van der Waals surface area contributed by atoms with E-state index in [1.54, 1.807) is 36.2 Å². The van der Waals surface area contributed by atoms with E-state index in [-0.39, 0.29) is 25.0 Å². The molecular weight excluding hydrogens is 558 g/mol. The lowest BCUT2D eigenvalue weighted by molar-refractivity contribution is -0.141. The number of nitrogens with zero attached hydrogens (tertiary/aromatic N) is 3. The van der Waals surface area contributed by atoms with Crippen molar-refractivity contribution in [2.45, 2.75) is 52.1 Å². The fraction of sp³-hybridized carbons (Fsp3) is 0.533. The van der Waals surface area contributed by atoms with Crippen LogP contribution in [0.25, 0.3) is 10.4 Å². The quantitative estimate of drug-likeness (QED) is 0.225. The average molecular weight is 600 g/mol. The van der Waals surface area contributed by atoms with Crippen molar-refractivity contribution in [1.82, 2.24) is 25.7 Å². The molecule has 1 fully saturated rings. The number of ether oxygens (including phenoxy) is 2. The van der Waals surface area contributed by atoms with E-state index in [4.69, 9.17) is 14.0 Å². The highest BCUT2D eigenvalue weighted by atomic mass is 32.1. The Hall–Kier alpha value is -3.32. The summed E-state index contributed by atoms with van der Waals surface area (Å²) in [5.74, 6) is -0.516. The second-order valence-corrected chi connectivity index (χ2v) is 11.4. The van der Waals surface area contributed by atoms with Crippen LogP contribution >= 0.6 is 11.3 Å². The van der Waals surface area contributed by atoms with Gasteiger partial charge in [-0.15, -0.1) is 11.3 Å². The topological polar surface area (TPSA) is 139 Å². The Bertz CT molecular complexity index is 1330. The Morgan fingerprint density at radius 3 is 2.76 bits per heavy atom. The summed E-state index contributed by atoms with van der Waals surface area (Å²) in [5.41, 5.74) is 5.24. The number of thiazole rings is 1. The van der Waals surface area contributed by atoms with Gasteiger partial charge >= 0.3 is 0 Å². The fourth-order valence-electron chi connectivity index (χ4n) is 5.10. The number of likely N-dealkylation sites (N-methyl/N-ethyl adjacent to an activating group) is 1. The summed E-state index contributed by atoms with van der Waals surface area (Å²) >= 11 is 1.57. The van der Waals surface area contributed by atoms with Crippen LogP contribution in [0.4, 0.5) is 0 Å². The molecule has 0 bridgehead atoms. The maximum absolute atomic E-state index is 13.7. The van der Waals surface area contributed by atoms with Gasteiger partial charge in [-0.2, -0.15) is 0 Å². The third-order valence-electron chi connectivity index (χ3n) is 7.42. The number of benzene rings is 1. The molecule has 0 radical (unpaired) electrons. The number of aliphatic hydroxyl groups excluding tert-OH is 1. The van der Waals surface area contributed by atoms with E-state index in [0.717, 1.165) is 28.2 Å². The first kappa shape index (κ1) is 31.6. The molecule has 1 aromatic carbocycles. The first-order chi connectivity index (χ1) is 20.3. The Balaban J connectivity index is 1.45. The van der Waals surface area contributed by atoms with Gasteiger partial charge in [0.1, 0.15) is 30.1 Å². The molecule has 228 valence electrons. The maximum Gasteiger partial charge on any atom is 0.243 e. The van der Waals surface area contributed by atoms with Crippen molar-refractivity contribution in [2.24, 2.45) is 5.92 Å². The third kappa shape index (κ3) is 7.74. The van der Waals surface area contributed by atoms with Gasteiger partial charge in [-0.25, -0.2) is 4.98 Å². The second kappa shape index (κ2) is 15.2. The average Bonchev–Trinajstić information content (AvgIpc) is 3.75. The molecule has 11 nitrogen and oxygen atoms in total. The number of aliphatic hydroxyl groups is 1. The molecule has 1 aliphatic rings. The minimum absolute atomic E-state index is 0.193. The first-order valence-corrected chi connectivity index (χ1v) is 15.2. The number of nitrogens with one attached hydrogen (secondary N) is 2. The molecule has 0 spiro atoms. The van der Waals surface area contributed by atoms with Crippen LogP contribution in [0, 0.1) is 19.8 Å². The third-order valence-corrected chi connectivity index (χ3v) is 8.40. The van der Waals surface area contributed by atoms with Gasteiger partial charge < -0.3 is 34.6 Å². The molecule has 12 heteroatoms. The van der Waals surface area contributed by atoms with Gasteiger partial charge in [0.15, 0.2) is 0 Å². The SMILES string of the molecule is CNCCOCCOc1cc(-c2scnc2C)ccc1CNC(=O)C1CCCN1C(=O)[C@H](c1cc(C)no1)C(C)CO. The first-order valence-electron chi connectivity index (χ1n) is 14.3. The summed E-state index contributed by atoms with van der Waals surface area (Å²) in [6.45, 7) is 8.21. The minimum Gasteiger partial charge on any atom is -0.491 e. The number of hydrogen-bond donors (Lipinski definition) is 3. The number of hydrogen-bond acceptors (Lipinski definition) is 10. The normalized spacial score (nSPS) is 16.4. The monoisotopic (exact) mass is 599 g/mol. The van der Waals surface area contributed by atoms with Crippen LogP contribution in [0.15, 0.2) is 34.3 Å². The molecule has 3 atom stereocenters. The van der Waals surface area contributed by atoms with Crippen LogP contribution in [-0.2, 0) is 20.9 Å². The molecule has 1 saturated heterocycles. The molecule has 2 unspecified atom stereocenters. The second-order valence-electron chi connectivity index (χ2n) is 10.6. The maximum atomic E-state index is 13.7. The van der Waals surface area contributed by atoms with Crippen molar-refractivity contribution < 1.29 is 28.7 Å². The number of amides is 2. The summed E-state index contributed by atoms with van der Waals surface area (Å²) in [7, 11) is 1.87. The van der Waals surface area contributed by atoms with Gasteiger partial charge in [0.2, 0.25) is 11.8 Å². The highest BCUT2D eigenvalue weighted by Crippen LogP contribution is 2.33. The Morgan fingerprint density at radius 2 is 2.07 bits per heavy atom. The summed E-state index contributed by atoms with van der Waals surface area (Å²) < 4.78 is 17.1. The summed E-state index contributed by atoms with van der Waals surface area (Å²) in [6.07, 6.45) is 1.27. The molecule has 3 N–H and O–H groups in total. The fourth-order valence-corrected chi connectivity index (χ4v) is 5.91. The van der Waals surface area contributed by atoms with E-state index in [0.29, 0.717) is 56.4 Å². The Kier molecular flexibility index (Phi) is 11.5. The van der Waals surface area contributed by atoms with Crippen molar-refractivity contribution in [1.29, 1.82) is 0 Å². The predicted molar refractivity (Wildman–Crippen MR) is 159 cm³/mol. The van der Waals surface area contributed by atoms with Crippen LogP contribution in [0.5, 0.6) is 5.75 Å². The van der Waals surface area contributed by atoms with E-state index in [1.165, 1.54) is 0 Å². The van der Waals surface area contributed by atoms with E-state index in [9.17, 15) is 14.7 Å². The minimum atomic E-state index is -0.720. The molecule has 2 aromatic heterocycles. The van der Waals surface area contributed by atoms with E-state index in [2.05, 4.69) is 20.8 Å². The lowest BCUT2D eigenvalue weighted by atomic mass is 9.90. The zero-order valence-corrected chi connectivity index (χ0v) is 25.5. The molecule has 0 saturated carbocycles. The van der Waals surface area contributed by atoms with Gasteiger partial charge in [-0.1, -0.05) is 24.2 Å². The number of carbonyl (C=O) groups excluding carboxylic acids is 2. The number of aromatic nitrogens is 2. The van der Waals surface area contributed by atoms with Gasteiger partial charge in [0, 0.05) is 37.9 Å². The molecule has 4 rings (SSSR count). The molecular formula is C30H41N5O6S. The number of carbonyl (C=O) groups is 2. The molecule has 1 aliphatic heterocycles. The van der Waals surface area contributed by atoms with Crippen molar-refractivity contribution in [3.05, 3.63) is 52.5 Å². The van der Waals surface area contributed by atoms with Crippen molar-refractivity contribution >= 4 is 23.2 Å². The number of rotatable bonds is 15. The largest absolute Gasteiger partial charge is 0.491 e. The van der Waals surface area contributed by atoms with E-state index in [1.807, 2.05) is 37.7 Å². The van der Waals surface area contributed by atoms with Crippen LogP contribution in [-0.4, -0.2) is 84.6 Å². The lowest BCUT2D eigenvalue weighted by Crippen LogP contribution is -2.48.